The molecular formula is C56H43NS. The molecule has 0 bridgehead atoms. The average molecular weight is 762 g/mol. The number of nitrogens with zero attached hydrogens (tertiary/aromatic N) is 1. The van der Waals surface area contributed by atoms with Crippen LogP contribution in [-0.4, -0.2) is 0 Å². The van der Waals surface area contributed by atoms with Gasteiger partial charge in [0.15, 0.2) is 0 Å². The monoisotopic (exact) mass is 761 g/mol. The third-order valence-corrected chi connectivity index (χ3v) is 13.6. The summed E-state index contributed by atoms with van der Waals surface area (Å²) in [7, 11) is 0. The molecule has 10 aromatic rings. The molecule has 1 saturated carbocycles. The third-order valence-electron chi connectivity index (χ3n) is 12.4. The summed E-state index contributed by atoms with van der Waals surface area (Å²) in [5.41, 5.74) is 12.4. The minimum Gasteiger partial charge on any atom is -0.310 e. The van der Waals surface area contributed by atoms with Crippen LogP contribution < -0.4 is 4.90 Å². The summed E-state index contributed by atoms with van der Waals surface area (Å²) in [6, 6.07) is 72.3. The minimum absolute atomic E-state index is 0.590. The molecule has 1 aliphatic rings. The van der Waals surface area contributed by atoms with Gasteiger partial charge in [0.25, 0.3) is 0 Å². The number of rotatable bonds is 7. The van der Waals surface area contributed by atoms with Crippen molar-refractivity contribution in [2.45, 2.75) is 38.0 Å². The van der Waals surface area contributed by atoms with Crippen LogP contribution in [0.2, 0.25) is 0 Å². The van der Waals surface area contributed by atoms with Gasteiger partial charge in [-0.1, -0.05) is 171 Å². The Morgan fingerprint density at radius 1 is 0.397 bits per heavy atom. The van der Waals surface area contributed by atoms with Gasteiger partial charge < -0.3 is 4.90 Å². The van der Waals surface area contributed by atoms with Crippen LogP contribution in [0.5, 0.6) is 0 Å². The maximum atomic E-state index is 2.50. The lowest BCUT2D eigenvalue weighted by molar-refractivity contribution is 0.445. The first-order valence-corrected chi connectivity index (χ1v) is 21.6. The molecule has 1 aromatic heterocycles. The normalized spacial score (nSPS) is 13.4. The van der Waals surface area contributed by atoms with Gasteiger partial charge in [-0.3, -0.25) is 0 Å². The van der Waals surface area contributed by atoms with Crippen molar-refractivity contribution in [2.75, 3.05) is 4.90 Å². The van der Waals surface area contributed by atoms with Gasteiger partial charge in [0, 0.05) is 37.1 Å². The van der Waals surface area contributed by atoms with Crippen molar-refractivity contribution in [3.8, 4) is 33.4 Å². The molecule has 0 aliphatic heterocycles. The molecule has 0 N–H and O–H groups in total. The maximum absolute atomic E-state index is 2.50. The Labute approximate surface area is 344 Å². The fourth-order valence-electron chi connectivity index (χ4n) is 9.79. The van der Waals surface area contributed by atoms with E-state index in [1.807, 2.05) is 11.3 Å². The number of fused-ring (bicyclic) bond motifs is 5. The Hall–Kier alpha value is -6.48. The highest BCUT2D eigenvalue weighted by molar-refractivity contribution is 7.25. The number of anilines is 3. The van der Waals surface area contributed by atoms with Gasteiger partial charge in [-0.25, -0.2) is 0 Å². The Bertz CT molecular complexity index is 3120. The van der Waals surface area contributed by atoms with Crippen LogP contribution in [0, 0.1) is 0 Å². The van der Waals surface area contributed by atoms with Gasteiger partial charge in [0.1, 0.15) is 0 Å². The van der Waals surface area contributed by atoms with Crippen LogP contribution in [0.25, 0.3) is 75.1 Å². The molecule has 0 spiro atoms. The summed E-state index contributed by atoms with van der Waals surface area (Å²) in [5.74, 6) is 0.590. The first kappa shape index (κ1) is 34.7. The van der Waals surface area contributed by atoms with Gasteiger partial charge >= 0.3 is 0 Å². The largest absolute Gasteiger partial charge is 0.310 e. The Morgan fingerprint density at radius 2 is 0.966 bits per heavy atom. The summed E-state index contributed by atoms with van der Waals surface area (Å²) in [4.78, 5) is 2.50. The van der Waals surface area contributed by atoms with Crippen molar-refractivity contribution >= 4 is 70.1 Å². The van der Waals surface area contributed by atoms with Crippen molar-refractivity contribution in [2.24, 2.45) is 0 Å². The fourth-order valence-corrected chi connectivity index (χ4v) is 10.9. The SMILES string of the molecule is c1cc(-c2cccc3ccccc23)cc(N(c2cccc(-c3cccc4sc5ccccc5c34)c2)c2ccccc2-c2cccc3cccc(C4CCCCC4)c23)c1. The van der Waals surface area contributed by atoms with Crippen molar-refractivity contribution in [3.63, 3.8) is 0 Å². The first-order valence-electron chi connectivity index (χ1n) is 20.8. The van der Waals surface area contributed by atoms with Crippen LogP contribution in [0.15, 0.2) is 194 Å². The molecule has 0 unspecified atom stereocenters. The van der Waals surface area contributed by atoms with Gasteiger partial charge in [-0.05, 0) is 116 Å². The highest BCUT2D eigenvalue weighted by Crippen LogP contribution is 2.48. The highest BCUT2D eigenvalue weighted by atomic mass is 32.1. The molecule has 1 aliphatic carbocycles. The van der Waals surface area contributed by atoms with E-state index in [1.165, 1.54) is 118 Å². The second-order valence-corrected chi connectivity index (χ2v) is 16.9. The second kappa shape index (κ2) is 14.8. The Balaban J connectivity index is 1.14. The van der Waals surface area contributed by atoms with E-state index >= 15 is 0 Å². The standard InChI is InChI=1S/C56H43NS/c1-2-16-39(17-3-1)47-30-13-20-40-21-14-32-50(55(40)47)49-27-6-8-33-52(49)57(43-24-10-22-41(36-43)46-29-12-19-38-18-4-5-26-45(38)46)44-25-11-23-42(37-44)48-31-15-35-54-56(48)51-28-7-9-34-53(51)58-54/h4-15,18-37,39H,1-3,16-17H2. The molecular weight excluding hydrogens is 719 g/mol. The highest BCUT2D eigenvalue weighted by Gasteiger charge is 2.23. The predicted octanol–water partition coefficient (Wildman–Crippen LogP) is 16.9. The van der Waals surface area contributed by atoms with Crippen molar-refractivity contribution in [1.82, 2.24) is 0 Å². The molecule has 278 valence electrons. The smallest absolute Gasteiger partial charge is 0.0540 e. The van der Waals surface area contributed by atoms with Crippen molar-refractivity contribution in [1.29, 1.82) is 0 Å². The van der Waals surface area contributed by atoms with Gasteiger partial charge in [-0.2, -0.15) is 0 Å². The molecule has 58 heavy (non-hydrogen) atoms. The molecule has 11 rings (SSSR count). The quantitative estimate of drug-likeness (QED) is 0.156. The van der Waals surface area contributed by atoms with Gasteiger partial charge in [0.05, 0.1) is 5.69 Å². The molecule has 1 fully saturated rings. The Kier molecular flexibility index (Phi) is 8.86. The third kappa shape index (κ3) is 6.08. The zero-order valence-electron chi connectivity index (χ0n) is 32.4. The Morgan fingerprint density at radius 3 is 1.79 bits per heavy atom. The topological polar surface area (TPSA) is 3.24 Å². The molecule has 9 aromatic carbocycles. The van der Waals surface area contributed by atoms with Gasteiger partial charge in [-0.15, -0.1) is 11.3 Å². The van der Waals surface area contributed by atoms with Gasteiger partial charge in [0.2, 0.25) is 0 Å². The molecule has 2 heteroatoms. The summed E-state index contributed by atoms with van der Waals surface area (Å²) >= 11 is 1.88. The van der Waals surface area contributed by atoms with Crippen LogP contribution in [0.4, 0.5) is 17.1 Å². The molecule has 1 heterocycles. The lowest BCUT2D eigenvalue weighted by atomic mass is 9.80. The van der Waals surface area contributed by atoms with E-state index in [-0.39, 0.29) is 0 Å². The number of hydrogen-bond acceptors (Lipinski definition) is 2. The van der Waals surface area contributed by atoms with Crippen LogP contribution in [0.1, 0.15) is 43.6 Å². The zero-order chi connectivity index (χ0) is 38.4. The molecule has 0 radical (unpaired) electrons. The first-order chi connectivity index (χ1) is 28.8. The molecule has 1 nitrogen and oxygen atoms in total. The van der Waals surface area contributed by atoms with Crippen LogP contribution in [-0.2, 0) is 0 Å². The fraction of sp³-hybridized carbons (Fsp3) is 0.107. The van der Waals surface area contributed by atoms with Crippen LogP contribution >= 0.6 is 11.3 Å². The van der Waals surface area contributed by atoms with E-state index < -0.39 is 0 Å². The van der Waals surface area contributed by atoms with E-state index in [0.29, 0.717) is 5.92 Å². The number of hydrogen-bond donors (Lipinski definition) is 0. The number of para-hydroxylation sites is 1. The van der Waals surface area contributed by atoms with Crippen molar-refractivity contribution in [3.05, 3.63) is 200 Å². The number of benzene rings is 9. The molecule has 0 saturated heterocycles. The summed E-state index contributed by atoms with van der Waals surface area (Å²) in [5, 5.41) is 7.88. The van der Waals surface area contributed by atoms with E-state index in [2.05, 4.69) is 199 Å². The second-order valence-electron chi connectivity index (χ2n) is 15.8. The van der Waals surface area contributed by atoms with E-state index in [1.54, 1.807) is 0 Å². The summed E-state index contributed by atoms with van der Waals surface area (Å²) in [6.45, 7) is 0. The lowest BCUT2D eigenvalue weighted by Gasteiger charge is -2.30. The van der Waals surface area contributed by atoms with E-state index in [9.17, 15) is 0 Å². The lowest BCUT2D eigenvalue weighted by Crippen LogP contribution is -2.12. The molecule has 0 atom stereocenters. The average Bonchev–Trinajstić information content (AvgIpc) is 3.68. The van der Waals surface area contributed by atoms with E-state index in [0.717, 1.165) is 11.4 Å². The van der Waals surface area contributed by atoms with Crippen LogP contribution in [0.3, 0.4) is 0 Å². The molecule has 0 amide bonds. The van der Waals surface area contributed by atoms with E-state index in [4.69, 9.17) is 0 Å². The minimum atomic E-state index is 0.590. The predicted molar refractivity (Wildman–Crippen MR) is 251 cm³/mol. The summed E-state index contributed by atoms with van der Waals surface area (Å²) < 4.78 is 2.64. The van der Waals surface area contributed by atoms with Crippen molar-refractivity contribution < 1.29 is 0 Å². The number of thiophene rings is 1. The zero-order valence-corrected chi connectivity index (χ0v) is 33.3. The maximum Gasteiger partial charge on any atom is 0.0540 e. The summed E-state index contributed by atoms with van der Waals surface area (Å²) in [6.07, 6.45) is 6.50.